The number of rotatable bonds is 12. The fourth-order valence-electron chi connectivity index (χ4n) is 3.31. The lowest BCUT2D eigenvalue weighted by Crippen LogP contribution is -2.45. The lowest BCUT2D eigenvalue weighted by molar-refractivity contribution is 0.0825. The minimum atomic E-state index is 0.261. The number of hydrogen-bond donors (Lipinski definition) is 2. The fourth-order valence-corrected chi connectivity index (χ4v) is 3.72. The second kappa shape index (κ2) is 11.0. The van der Waals surface area contributed by atoms with E-state index in [0.29, 0.717) is 11.5 Å². The molecule has 0 aliphatic heterocycles. The zero-order valence-electron chi connectivity index (χ0n) is 13.5. The van der Waals surface area contributed by atoms with E-state index in [1.807, 2.05) is 0 Å². The van der Waals surface area contributed by atoms with E-state index >= 15 is 0 Å². The summed E-state index contributed by atoms with van der Waals surface area (Å²) in [6, 6.07) is 0.597. The Morgan fingerprint density at radius 2 is 1.58 bits per heavy atom. The van der Waals surface area contributed by atoms with Gasteiger partial charge in [0.1, 0.15) is 0 Å². The maximum atomic E-state index is 9.35. The van der Waals surface area contributed by atoms with Crippen molar-refractivity contribution in [1.82, 2.24) is 4.90 Å². The average Bonchev–Trinajstić information content (AvgIpc) is 2.40. The van der Waals surface area contributed by atoms with Gasteiger partial charge in [-0.25, -0.2) is 0 Å². The van der Waals surface area contributed by atoms with Crippen LogP contribution < -0.4 is 0 Å². The Hall–Kier alpha value is 0.270. The molecule has 0 heterocycles. The van der Waals surface area contributed by atoms with Crippen molar-refractivity contribution in [3.8, 4) is 0 Å². The molecular weight excluding hydrogens is 254 g/mol. The van der Waals surface area contributed by atoms with Gasteiger partial charge in [-0.1, -0.05) is 40.5 Å². The molecule has 0 aromatic heterocycles. The molecule has 0 saturated carbocycles. The maximum Gasteiger partial charge on any atom is 0.0558 e. The van der Waals surface area contributed by atoms with Crippen molar-refractivity contribution >= 4 is 12.6 Å². The SMILES string of the molecule is CCCC(CS)(CCC)CN(CCO)C(CC)CC. The highest BCUT2D eigenvalue weighted by Crippen LogP contribution is 2.33. The zero-order chi connectivity index (χ0) is 14.7. The summed E-state index contributed by atoms with van der Waals surface area (Å²) in [5.41, 5.74) is 0.324. The Morgan fingerprint density at radius 3 is 1.89 bits per heavy atom. The minimum Gasteiger partial charge on any atom is -0.395 e. The number of nitrogens with zero attached hydrogens (tertiary/aromatic N) is 1. The van der Waals surface area contributed by atoms with Gasteiger partial charge in [-0.15, -0.1) is 0 Å². The summed E-state index contributed by atoms with van der Waals surface area (Å²) in [7, 11) is 0. The third kappa shape index (κ3) is 6.50. The van der Waals surface area contributed by atoms with Crippen molar-refractivity contribution in [2.45, 2.75) is 72.3 Å². The first-order valence-corrected chi connectivity index (χ1v) is 8.71. The van der Waals surface area contributed by atoms with E-state index in [9.17, 15) is 5.11 Å². The number of aliphatic hydroxyl groups excluding tert-OH is 1. The second-order valence-corrected chi connectivity index (χ2v) is 6.14. The Morgan fingerprint density at radius 1 is 1.05 bits per heavy atom. The molecule has 0 aromatic rings. The maximum absolute atomic E-state index is 9.35. The molecule has 3 heteroatoms. The summed E-state index contributed by atoms with van der Waals surface area (Å²) < 4.78 is 0. The molecule has 1 N–H and O–H groups in total. The van der Waals surface area contributed by atoms with Crippen LogP contribution in [0.15, 0.2) is 0 Å². The van der Waals surface area contributed by atoms with Crippen LogP contribution in [0, 0.1) is 5.41 Å². The highest BCUT2D eigenvalue weighted by Gasteiger charge is 2.31. The fraction of sp³-hybridized carbons (Fsp3) is 1.00. The highest BCUT2D eigenvalue weighted by molar-refractivity contribution is 7.80. The van der Waals surface area contributed by atoms with Gasteiger partial charge in [-0.3, -0.25) is 4.90 Å². The van der Waals surface area contributed by atoms with Crippen LogP contribution >= 0.6 is 12.6 Å². The van der Waals surface area contributed by atoms with E-state index in [2.05, 4.69) is 45.2 Å². The summed E-state index contributed by atoms with van der Waals surface area (Å²) in [4.78, 5) is 2.50. The van der Waals surface area contributed by atoms with Crippen LogP contribution in [0.5, 0.6) is 0 Å². The van der Waals surface area contributed by atoms with Gasteiger partial charge in [0.25, 0.3) is 0 Å². The largest absolute Gasteiger partial charge is 0.395 e. The predicted octanol–water partition coefficient (Wildman–Crippen LogP) is 3.99. The second-order valence-electron chi connectivity index (χ2n) is 5.82. The Balaban J connectivity index is 4.89. The smallest absolute Gasteiger partial charge is 0.0558 e. The normalized spacial score (nSPS) is 12.6. The van der Waals surface area contributed by atoms with E-state index < -0.39 is 0 Å². The van der Waals surface area contributed by atoms with Gasteiger partial charge in [0.05, 0.1) is 6.61 Å². The van der Waals surface area contributed by atoms with Crippen LogP contribution in [-0.2, 0) is 0 Å². The van der Waals surface area contributed by atoms with Crippen molar-refractivity contribution in [2.24, 2.45) is 5.41 Å². The molecule has 0 amide bonds. The van der Waals surface area contributed by atoms with Crippen molar-refractivity contribution < 1.29 is 5.11 Å². The van der Waals surface area contributed by atoms with Crippen molar-refractivity contribution in [3.05, 3.63) is 0 Å². The molecule has 0 aromatic carbocycles. The quantitative estimate of drug-likeness (QED) is 0.531. The number of thiol groups is 1. The summed E-state index contributed by atoms with van der Waals surface area (Å²) in [6.07, 6.45) is 7.25. The molecule has 0 spiro atoms. The molecule has 0 fully saturated rings. The minimum absolute atomic E-state index is 0.261. The van der Waals surface area contributed by atoms with Crippen LogP contribution in [0.2, 0.25) is 0 Å². The van der Waals surface area contributed by atoms with E-state index in [1.165, 1.54) is 25.7 Å². The van der Waals surface area contributed by atoms with Crippen LogP contribution in [0.1, 0.15) is 66.2 Å². The molecule has 0 saturated heterocycles. The molecule has 19 heavy (non-hydrogen) atoms. The zero-order valence-corrected chi connectivity index (χ0v) is 14.4. The van der Waals surface area contributed by atoms with E-state index in [-0.39, 0.29) is 6.61 Å². The van der Waals surface area contributed by atoms with Crippen LogP contribution in [0.25, 0.3) is 0 Å². The van der Waals surface area contributed by atoms with E-state index in [0.717, 1.165) is 31.7 Å². The molecule has 0 bridgehead atoms. The lowest BCUT2D eigenvalue weighted by Gasteiger charge is -2.40. The lowest BCUT2D eigenvalue weighted by atomic mass is 9.80. The predicted molar refractivity (Wildman–Crippen MR) is 89.1 cm³/mol. The first-order valence-electron chi connectivity index (χ1n) is 8.08. The molecule has 0 aliphatic rings. The molecule has 116 valence electrons. The van der Waals surface area contributed by atoms with Crippen molar-refractivity contribution in [1.29, 1.82) is 0 Å². The molecular formula is C16H35NOS. The summed E-state index contributed by atoms with van der Waals surface area (Å²) in [5, 5.41) is 9.35. The first kappa shape index (κ1) is 19.3. The molecule has 0 aliphatic carbocycles. The molecule has 0 rings (SSSR count). The summed E-state index contributed by atoms with van der Waals surface area (Å²) in [6.45, 7) is 11.2. The molecule has 0 radical (unpaired) electrons. The van der Waals surface area contributed by atoms with Crippen LogP contribution in [0.4, 0.5) is 0 Å². The van der Waals surface area contributed by atoms with Crippen molar-refractivity contribution in [3.63, 3.8) is 0 Å². The van der Waals surface area contributed by atoms with Crippen LogP contribution in [-0.4, -0.2) is 41.5 Å². The average molecular weight is 290 g/mol. The van der Waals surface area contributed by atoms with Gasteiger partial charge in [0.15, 0.2) is 0 Å². The van der Waals surface area contributed by atoms with Gasteiger partial charge >= 0.3 is 0 Å². The Labute approximate surface area is 126 Å². The standard InChI is InChI=1S/C16H35NOS/c1-5-9-16(14-19,10-6-2)13-17(11-12-18)15(7-3)8-4/h15,18-19H,5-14H2,1-4H3. The number of aliphatic hydroxyl groups is 1. The number of hydrogen-bond acceptors (Lipinski definition) is 3. The van der Waals surface area contributed by atoms with Crippen molar-refractivity contribution in [2.75, 3.05) is 25.4 Å². The van der Waals surface area contributed by atoms with E-state index in [1.54, 1.807) is 0 Å². The first-order chi connectivity index (χ1) is 9.12. The molecule has 0 atom stereocenters. The van der Waals surface area contributed by atoms with Crippen LogP contribution in [0.3, 0.4) is 0 Å². The topological polar surface area (TPSA) is 23.5 Å². The molecule has 0 unspecified atom stereocenters. The molecule has 2 nitrogen and oxygen atoms in total. The monoisotopic (exact) mass is 289 g/mol. The Bertz CT molecular complexity index is 201. The third-order valence-corrected chi connectivity index (χ3v) is 4.95. The Kier molecular flexibility index (Phi) is 11.1. The van der Waals surface area contributed by atoms with E-state index in [4.69, 9.17) is 0 Å². The highest BCUT2D eigenvalue weighted by atomic mass is 32.1. The van der Waals surface area contributed by atoms with Gasteiger partial charge in [0, 0.05) is 19.1 Å². The third-order valence-electron chi connectivity index (χ3n) is 4.28. The van der Waals surface area contributed by atoms with Gasteiger partial charge in [0.2, 0.25) is 0 Å². The van der Waals surface area contributed by atoms with Gasteiger partial charge < -0.3 is 5.11 Å². The summed E-state index contributed by atoms with van der Waals surface area (Å²) in [5.74, 6) is 0.955. The summed E-state index contributed by atoms with van der Waals surface area (Å²) >= 11 is 4.65. The van der Waals surface area contributed by atoms with Gasteiger partial charge in [-0.05, 0) is 36.9 Å². The van der Waals surface area contributed by atoms with Gasteiger partial charge in [-0.2, -0.15) is 12.6 Å².